The monoisotopic (exact) mass is 283 g/mol. The number of carboxylic acids is 1. The summed E-state index contributed by atoms with van der Waals surface area (Å²) in [5.41, 5.74) is 1.08. The van der Waals surface area contributed by atoms with Gasteiger partial charge in [0.25, 0.3) is 0 Å². The summed E-state index contributed by atoms with van der Waals surface area (Å²) in [6.07, 6.45) is 0. The van der Waals surface area contributed by atoms with Crippen LogP contribution in [-0.2, 0) is 11.5 Å². The quantitative estimate of drug-likeness (QED) is 0.942. The zero-order chi connectivity index (χ0) is 11.7. The molecule has 4 nitrogen and oxygen atoms in total. The minimum absolute atomic E-state index is 0.229. The molecule has 0 radical (unpaired) electrons. The number of carboxylic acid groups (broad SMARTS) is 1. The summed E-state index contributed by atoms with van der Waals surface area (Å²) in [6.45, 7) is 0.229. The summed E-state index contributed by atoms with van der Waals surface area (Å²) in [6, 6.07) is 7.26. The number of nitrogens with zero attached hydrogens (tertiary/aromatic N) is 1. The lowest BCUT2D eigenvalue weighted by Gasteiger charge is -2.06. The van der Waals surface area contributed by atoms with Crippen LogP contribution in [0.25, 0.3) is 10.9 Å². The van der Waals surface area contributed by atoms with Crippen molar-refractivity contribution in [3.05, 3.63) is 34.4 Å². The van der Waals surface area contributed by atoms with Crippen molar-refractivity contribution in [1.29, 1.82) is 0 Å². The maximum atomic E-state index is 11.1. The normalized spacial score (nSPS) is 10.9. The molecule has 1 aromatic heterocycles. The van der Waals surface area contributed by atoms with Crippen molar-refractivity contribution in [1.82, 2.24) is 4.57 Å². The van der Waals surface area contributed by atoms with Crippen LogP contribution in [0.5, 0.6) is 0 Å². The van der Waals surface area contributed by atoms with E-state index in [0.29, 0.717) is 0 Å². The van der Waals surface area contributed by atoms with E-state index in [0.717, 1.165) is 15.4 Å². The summed E-state index contributed by atoms with van der Waals surface area (Å²) < 4.78 is 7.56. The number of aromatic nitrogens is 1. The maximum absolute atomic E-state index is 11.1. The Labute approximate surface area is 101 Å². The molecule has 0 atom stereocenters. The van der Waals surface area contributed by atoms with Gasteiger partial charge < -0.3 is 14.4 Å². The van der Waals surface area contributed by atoms with Crippen LogP contribution < -0.4 is 0 Å². The van der Waals surface area contributed by atoms with Gasteiger partial charge in [-0.3, -0.25) is 0 Å². The van der Waals surface area contributed by atoms with Crippen LogP contribution >= 0.6 is 15.9 Å². The lowest BCUT2D eigenvalue weighted by Crippen LogP contribution is -2.09. The topological polar surface area (TPSA) is 51.5 Å². The lowest BCUT2D eigenvalue weighted by molar-refractivity contribution is 0.0664. The van der Waals surface area contributed by atoms with E-state index in [4.69, 9.17) is 9.84 Å². The highest BCUT2D eigenvalue weighted by Crippen LogP contribution is 2.23. The van der Waals surface area contributed by atoms with Crippen molar-refractivity contribution in [3.63, 3.8) is 0 Å². The van der Waals surface area contributed by atoms with E-state index >= 15 is 0 Å². The summed E-state index contributed by atoms with van der Waals surface area (Å²) in [7, 11) is 1.54. The average Bonchev–Trinajstić information content (AvgIpc) is 2.57. The molecule has 1 N–H and O–H groups in total. The molecular formula is C11H10BrNO3. The Morgan fingerprint density at radius 3 is 2.88 bits per heavy atom. The molecule has 0 aliphatic carbocycles. The van der Waals surface area contributed by atoms with Crippen LogP contribution in [0.4, 0.5) is 0 Å². The highest BCUT2D eigenvalue weighted by Gasteiger charge is 2.14. The van der Waals surface area contributed by atoms with E-state index in [-0.39, 0.29) is 12.4 Å². The Hall–Kier alpha value is -1.33. The predicted octanol–water partition coefficient (Wildman–Crippen LogP) is 2.71. The minimum atomic E-state index is -0.954. The van der Waals surface area contributed by atoms with Gasteiger partial charge in [-0.1, -0.05) is 15.9 Å². The number of ether oxygens (including phenoxy) is 1. The van der Waals surface area contributed by atoms with E-state index in [1.54, 1.807) is 10.6 Å². The van der Waals surface area contributed by atoms with Gasteiger partial charge in [-0.15, -0.1) is 0 Å². The van der Waals surface area contributed by atoms with Gasteiger partial charge in [0.05, 0.1) is 5.52 Å². The first-order valence-electron chi connectivity index (χ1n) is 4.64. The number of rotatable bonds is 3. The number of aromatic carboxylic acids is 1. The predicted molar refractivity (Wildman–Crippen MR) is 63.6 cm³/mol. The van der Waals surface area contributed by atoms with Crippen molar-refractivity contribution in [3.8, 4) is 0 Å². The van der Waals surface area contributed by atoms with Gasteiger partial charge in [0.1, 0.15) is 12.4 Å². The van der Waals surface area contributed by atoms with Crippen molar-refractivity contribution >= 4 is 32.8 Å². The van der Waals surface area contributed by atoms with Gasteiger partial charge in [0.15, 0.2) is 0 Å². The zero-order valence-electron chi connectivity index (χ0n) is 8.61. The molecular weight excluding hydrogens is 274 g/mol. The fourth-order valence-corrected chi connectivity index (χ4v) is 2.07. The van der Waals surface area contributed by atoms with Crippen LogP contribution in [-0.4, -0.2) is 22.8 Å². The molecule has 1 heterocycles. The van der Waals surface area contributed by atoms with Gasteiger partial charge in [0, 0.05) is 17.0 Å². The highest BCUT2D eigenvalue weighted by atomic mass is 79.9. The zero-order valence-corrected chi connectivity index (χ0v) is 10.2. The van der Waals surface area contributed by atoms with E-state index in [2.05, 4.69) is 15.9 Å². The second kappa shape index (κ2) is 4.27. The van der Waals surface area contributed by atoms with Crippen LogP contribution in [0.15, 0.2) is 28.7 Å². The van der Waals surface area contributed by atoms with Gasteiger partial charge in [-0.05, 0) is 24.3 Å². The van der Waals surface area contributed by atoms with Crippen LogP contribution in [0.2, 0.25) is 0 Å². The van der Waals surface area contributed by atoms with E-state index < -0.39 is 5.97 Å². The lowest BCUT2D eigenvalue weighted by atomic mass is 10.2. The first kappa shape index (κ1) is 11.2. The number of benzene rings is 1. The maximum Gasteiger partial charge on any atom is 0.352 e. The van der Waals surface area contributed by atoms with E-state index in [9.17, 15) is 4.79 Å². The Balaban J connectivity index is 2.70. The molecule has 1 aromatic carbocycles. The second-order valence-corrected chi connectivity index (χ2v) is 4.30. The summed E-state index contributed by atoms with van der Waals surface area (Å²) in [5.74, 6) is -0.954. The Kier molecular flexibility index (Phi) is 2.98. The number of halogens is 1. The van der Waals surface area contributed by atoms with Gasteiger partial charge in [-0.25, -0.2) is 4.79 Å². The Morgan fingerprint density at radius 1 is 1.50 bits per heavy atom. The van der Waals surface area contributed by atoms with Crippen LogP contribution in [0, 0.1) is 0 Å². The first-order valence-corrected chi connectivity index (χ1v) is 5.44. The first-order chi connectivity index (χ1) is 7.63. The molecule has 0 spiro atoms. The molecule has 16 heavy (non-hydrogen) atoms. The molecule has 0 bridgehead atoms. The van der Waals surface area contributed by atoms with Crippen molar-refractivity contribution < 1.29 is 14.6 Å². The van der Waals surface area contributed by atoms with E-state index in [1.165, 1.54) is 7.11 Å². The number of fused-ring (bicyclic) bond motifs is 1. The number of hydrogen-bond acceptors (Lipinski definition) is 2. The standard InChI is InChI=1S/C11H10BrNO3/c1-16-6-13-9-3-2-8(12)4-7(9)5-10(13)11(14)15/h2-5H,6H2,1H3,(H,14,15). The molecule has 0 amide bonds. The number of methoxy groups -OCH3 is 1. The molecule has 0 saturated carbocycles. The van der Waals surface area contributed by atoms with Gasteiger partial charge in [-0.2, -0.15) is 0 Å². The third kappa shape index (κ3) is 1.83. The molecule has 0 aliphatic rings. The molecule has 0 unspecified atom stereocenters. The third-order valence-corrected chi connectivity index (χ3v) is 2.83. The molecule has 84 valence electrons. The van der Waals surface area contributed by atoms with Crippen molar-refractivity contribution in [2.45, 2.75) is 6.73 Å². The molecule has 2 rings (SSSR count). The molecule has 0 saturated heterocycles. The summed E-state index contributed by atoms with van der Waals surface area (Å²) in [5, 5.41) is 9.95. The third-order valence-electron chi connectivity index (χ3n) is 2.34. The summed E-state index contributed by atoms with van der Waals surface area (Å²) >= 11 is 3.35. The number of hydrogen-bond donors (Lipinski definition) is 1. The average molecular weight is 284 g/mol. The Bertz CT molecular complexity index is 547. The smallest absolute Gasteiger partial charge is 0.352 e. The number of carbonyl (C=O) groups is 1. The Morgan fingerprint density at radius 2 is 2.25 bits per heavy atom. The molecule has 5 heteroatoms. The van der Waals surface area contributed by atoms with Gasteiger partial charge >= 0.3 is 5.97 Å². The fourth-order valence-electron chi connectivity index (χ4n) is 1.69. The summed E-state index contributed by atoms with van der Waals surface area (Å²) in [4.78, 5) is 11.1. The fraction of sp³-hybridized carbons (Fsp3) is 0.182. The van der Waals surface area contributed by atoms with E-state index in [1.807, 2.05) is 18.2 Å². The minimum Gasteiger partial charge on any atom is -0.477 e. The van der Waals surface area contributed by atoms with Gasteiger partial charge in [0.2, 0.25) is 0 Å². The second-order valence-electron chi connectivity index (χ2n) is 3.38. The largest absolute Gasteiger partial charge is 0.477 e. The SMILES string of the molecule is COCn1c(C(=O)O)cc2cc(Br)ccc21. The van der Waals surface area contributed by atoms with Crippen LogP contribution in [0.3, 0.4) is 0 Å². The molecule has 0 fully saturated rings. The van der Waals surface area contributed by atoms with Crippen LogP contribution in [0.1, 0.15) is 10.5 Å². The van der Waals surface area contributed by atoms with Crippen molar-refractivity contribution in [2.75, 3.05) is 7.11 Å². The van der Waals surface area contributed by atoms with Crippen molar-refractivity contribution in [2.24, 2.45) is 0 Å². The molecule has 2 aromatic rings. The molecule has 0 aliphatic heterocycles. The highest BCUT2D eigenvalue weighted by molar-refractivity contribution is 9.10.